The number of nitrogens with zero attached hydrogens (tertiary/aromatic N) is 2. The van der Waals surface area contributed by atoms with E-state index >= 15 is 0 Å². The highest BCUT2D eigenvalue weighted by molar-refractivity contribution is 5.98. The zero-order valence-electron chi connectivity index (χ0n) is 14.3. The Morgan fingerprint density at radius 3 is 2.24 bits per heavy atom. The number of nitriles is 1. The molecule has 0 radical (unpaired) electrons. The van der Waals surface area contributed by atoms with Gasteiger partial charge in [-0.25, -0.2) is 0 Å². The third-order valence-electron chi connectivity index (χ3n) is 5.76. The molecule has 2 aromatic carbocycles. The minimum absolute atomic E-state index is 0.123. The number of Topliss-reactive ketones (excluding diaryl/α,β-unsaturated/α-hetero) is 1. The first kappa shape index (κ1) is 16.1. The zero-order valence-corrected chi connectivity index (χ0v) is 14.3. The average Bonchev–Trinajstić information content (AvgIpc) is 2.90. The zero-order chi connectivity index (χ0) is 17.2. The predicted octanol–water partition coefficient (Wildman–Crippen LogP) is 4.18. The summed E-state index contributed by atoms with van der Waals surface area (Å²) in [5, 5.41) is 8.90. The minimum Gasteiger partial charge on any atom is -0.294 e. The van der Waals surface area contributed by atoms with Crippen LogP contribution in [-0.4, -0.2) is 22.8 Å². The van der Waals surface area contributed by atoms with Gasteiger partial charge >= 0.3 is 0 Å². The van der Waals surface area contributed by atoms with Crippen molar-refractivity contribution in [1.29, 1.82) is 5.26 Å². The molecule has 25 heavy (non-hydrogen) atoms. The van der Waals surface area contributed by atoms with Crippen molar-refractivity contribution in [3.05, 3.63) is 71.3 Å². The van der Waals surface area contributed by atoms with Gasteiger partial charge in [-0.05, 0) is 43.4 Å². The third kappa shape index (κ3) is 3.23. The van der Waals surface area contributed by atoms with E-state index in [9.17, 15) is 4.79 Å². The largest absolute Gasteiger partial charge is 0.294 e. The van der Waals surface area contributed by atoms with Gasteiger partial charge in [0.2, 0.25) is 0 Å². The normalized spacial score (nSPS) is 25.5. The molecule has 0 saturated carbocycles. The highest BCUT2D eigenvalue weighted by Crippen LogP contribution is 2.40. The topological polar surface area (TPSA) is 44.1 Å². The van der Waals surface area contributed by atoms with Gasteiger partial charge in [-0.2, -0.15) is 5.26 Å². The second-order valence-electron chi connectivity index (χ2n) is 7.26. The summed E-state index contributed by atoms with van der Waals surface area (Å²) in [6.07, 6.45) is 4.33. The Morgan fingerprint density at radius 2 is 1.64 bits per heavy atom. The van der Waals surface area contributed by atoms with Gasteiger partial charge in [0, 0.05) is 30.1 Å². The number of hydrogen-bond donors (Lipinski definition) is 0. The van der Waals surface area contributed by atoms with E-state index in [0.717, 1.165) is 24.9 Å². The molecular weight excluding hydrogens is 308 g/mol. The number of hydrogen-bond acceptors (Lipinski definition) is 3. The first-order valence-electron chi connectivity index (χ1n) is 9.08. The monoisotopic (exact) mass is 330 g/mol. The molecule has 4 rings (SSSR count). The van der Waals surface area contributed by atoms with Crippen LogP contribution in [0.1, 0.15) is 47.2 Å². The van der Waals surface area contributed by atoms with Crippen molar-refractivity contribution in [3.8, 4) is 6.07 Å². The lowest BCUT2D eigenvalue weighted by Crippen LogP contribution is -2.44. The molecule has 0 amide bonds. The molecule has 2 aliphatic heterocycles. The summed E-state index contributed by atoms with van der Waals surface area (Å²) >= 11 is 0. The molecule has 2 atom stereocenters. The maximum absolute atomic E-state index is 12.9. The van der Waals surface area contributed by atoms with E-state index in [1.54, 1.807) is 24.3 Å². The number of carbonyl (C=O) groups is 1. The van der Waals surface area contributed by atoms with Crippen molar-refractivity contribution in [3.63, 3.8) is 0 Å². The molecule has 3 heteroatoms. The van der Waals surface area contributed by atoms with Crippen LogP contribution >= 0.6 is 0 Å². The number of rotatable bonds is 4. The van der Waals surface area contributed by atoms with E-state index in [1.807, 2.05) is 0 Å². The Labute approximate surface area is 148 Å². The molecule has 2 unspecified atom stereocenters. The molecule has 2 saturated heterocycles. The van der Waals surface area contributed by atoms with Gasteiger partial charge in [0.05, 0.1) is 11.6 Å². The van der Waals surface area contributed by atoms with Crippen LogP contribution < -0.4 is 0 Å². The van der Waals surface area contributed by atoms with Gasteiger partial charge in [0.15, 0.2) is 5.78 Å². The van der Waals surface area contributed by atoms with Crippen LogP contribution in [0.4, 0.5) is 0 Å². The number of ketones is 1. The predicted molar refractivity (Wildman–Crippen MR) is 97.0 cm³/mol. The fourth-order valence-electron chi connectivity index (χ4n) is 4.49. The molecule has 2 aromatic rings. The number of carbonyl (C=O) groups excluding carboxylic acids is 1. The van der Waals surface area contributed by atoms with Gasteiger partial charge in [-0.1, -0.05) is 42.5 Å². The van der Waals surface area contributed by atoms with Gasteiger partial charge in [0.1, 0.15) is 0 Å². The van der Waals surface area contributed by atoms with Crippen LogP contribution in [-0.2, 0) is 6.54 Å². The summed E-state index contributed by atoms with van der Waals surface area (Å²) in [5.74, 6) is 0.373. The van der Waals surface area contributed by atoms with Crippen molar-refractivity contribution in [2.45, 2.75) is 44.3 Å². The van der Waals surface area contributed by atoms with Gasteiger partial charge < -0.3 is 0 Å². The summed E-state index contributed by atoms with van der Waals surface area (Å²) in [7, 11) is 0. The molecule has 2 bridgehead atoms. The van der Waals surface area contributed by atoms with Gasteiger partial charge in [0.25, 0.3) is 0 Å². The van der Waals surface area contributed by atoms with Crippen molar-refractivity contribution in [2.75, 3.05) is 0 Å². The Hall–Kier alpha value is -2.44. The summed E-state index contributed by atoms with van der Waals surface area (Å²) in [6.45, 7) is 0.994. The van der Waals surface area contributed by atoms with E-state index in [4.69, 9.17) is 5.26 Å². The molecule has 2 heterocycles. The summed E-state index contributed by atoms with van der Waals surface area (Å²) in [6, 6.07) is 20.9. The molecule has 0 spiro atoms. The first-order chi connectivity index (χ1) is 12.2. The quantitative estimate of drug-likeness (QED) is 0.790. The number of fused-ring (bicyclic) bond motifs is 2. The highest BCUT2D eigenvalue weighted by atomic mass is 16.1. The third-order valence-corrected chi connectivity index (χ3v) is 5.76. The molecule has 126 valence electrons. The smallest absolute Gasteiger partial charge is 0.166 e. The fourth-order valence-corrected chi connectivity index (χ4v) is 4.49. The van der Waals surface area contributed by atoms with Crippen molar-refractivity contribution < 1.29 is 4.79 Å². The Morgan fingerprint density at radius 1 is 1.00 bits per heavy atom. The summed E-state index contributed by atoms with van der Waals surface area (Å²) < 4.78 is 0. The van der Waals surface area contributed by atoms with Crippen molar-refractivity contribution in [1.82, 2.24) is 4.90 Å². The van der Waals surface area contributed by atoms with Crippen LogP contribution in [0.5, 0.6) is 0 Å². The van der Waals surface area contributed by atoms with Crippen LogP contribution in [0, 0.1) is 17.2 Å². The average molecular weight is 330 g/mol. The van der Waals surface area contributed by atoms with Crippen LogP contribution in [0.3, 0.4) is 0 Å². The molecule has 2 fully saturated rings. The molecule has 0 N–H and O–H groups in total. The lowest BCUT2D eigenvalue weighted by Gasteiger charge is -2.38. The maximum atomic E-state index is 12.9. The Bertz CT molecular complexity index is 777. The second-order valence-corrected chi connectivity index (χ2v) is 7.26. The van der Waals surface area contributed by atoms with Crippen molar-refractivity contribution >= 4 is 5.78 Å². The first-order valence-corrected chi connectivity index (χ1v) is 9.08. The van der Waals surface area contributed by atoms with E-state index in [1.165, 1.54) is 18.4 Å². The lowest BCUT2D eigenvalue weighted by molar-refractivity contribution is 0.0678. The fraction of sp³-hybridized carbons (Fsp3) is 0.364. The number of piperidine rings is 1. The summed E-state index contributed by atoms with van der Waals surface area (Å²) in [5.41, 5.74) is 2.71. The van der Waals surface area contributed by atoms with E-state index in [0.29, 0.717) is 17.6 Å². The molecule has 2 aliphatic rings. The van der Waals surface area contributed by atoms with E-state index in [2.05, 4.69) is 41.3 Å². The van der Waals surface area contributed by atoms with Crippen LogP contribution in [0.25, 0.3) is 0 Å². The van der Waals surface area contributed by atoms with E-state index < -0.39 is 0 Å². The summed E-state index contributed by atoms with van der Waals surface area (Å²) in [4.78, 5) is 15.5. The van der Waals surface area contributed by atoms with Gasteiger partial charge in [-0.15, -0.1) is 0 Å². The number of benzene rings is 2. The second kappa shape index (κ2) is 6.82. The molecule has 3 nitrogen and oxygen atoms in total. The molecule has 0 aliphatic carbocycles. The Kier molecular flexibility index (Phi) is 4.38. The van der Waals surface area contributed by atoms with E-state index in [-0.39, 0.29) is 11.7 Å². The van der Waals surface area contributed by atoms with Crippen LogP contribution in [0.2, 0.25) is 0 Å². The minimum atomic E-state index is 0.123. The highest BCUT2D eigenvalue weighted by Gasteiger charge is 2.42. The van der Waals surface area contributed by atoms with Gasteiger partial charge in [-0.3, -0.25) is 9.69 Å². The molecular formula is C22H22N2O. The SMILES string of the molecule is N#Cc1ccc(C(=O)C2CC3CCC(C2)N3Cc2ccccc2)cc1. The van der Waals surface area contributed by atoms with Crippen molar-refractivity contribution in [2.24, 2.45) is 5.92 Å². The maximum Gasteiger partial charge on any atom is 0.166 e. The molecule has 0 aromatic heterocycles. The van der Waals surface area contributed by atoms with Crippen LogP contribution in [0.15, 0.2) is 54.6 Å². The standard InChI is InChI=1S/C22H22N2O/c23-14-16-6-8-18(9-7-16)22(25)19-12-20-10-11-21(13-19)24(20)15-17-4-2-1-3-5-17/h1-9,19-21H,10-13,15H2. The lowest BCUT2D eigenvalue weighted by atomic mass is 9.84. The Balaban J connectivity index is 1.45.